The minimum Gasteiger partial charge on any atom is -0.377 e. The van der Waals surface area contributed by atoms with Crippen LogP contribution in [-0.2, 0) is 11.2 Å². The lowest BCUT2D eigenvalue weighted by Gasteiger charge is -2.34. The zero-order chi connectivity index (χ0) is 16.1. The first kappa shape index (κ1) is 16.9. The van der Waals surface area contributed by atoms with Gasteiger partial charge in [-0.1, -0.05) is 31.2 Å². The van der Waals surface area contributed by atoms with Crippen LogP contribution in [0.2, 0.25) is 0 Å². The van der Waals surface area contributed by atoms with Crippen molar-refractivity contribution in [1.82, 2.24) is 5.32 Å². The zero-order valence-electron chi connectivity index (χ0n) is 14.5. The van der Waals surface area contributed by atoms with Gasteiger partial charge in [-0.05, 0) is 68.5 Å². The van der Waals surface area contributed by atoms with E-state index in [9.17, 15) is 0 Å². The van der Waals surface area contributed by atoms with E-state index in [-0.39, 0.29) is 6.04 Å². The van der Waals surface area contributed by atoms with Crippen molar-refractivity contribution in [1.29, 1.82) is 0 Å². The van der Waals surface area contributed by atoms with E-state index < -0.39 is 0 Å². The summed E-state index contributed by atoms with van der Waals surface area (Å²) >= 11 is 0. The van der Waals surface area contributed by atoms with Crippen LogP contribution in [0, 0.1) is 0 Å². The first-order chi connectivity index (χ1) is 11.3. The molecule has 1 aromatic rings. The molecule has 3 heteroatoms. The maximum atomic E-state index is 6.19. The molecule has 1 heterocycles. The highest BCUT2D eigenvalue weighted by Crippen LogP contribution is 2.35. The van der Waals surface area contributed by atoms with E-state index in [0.717, 1.165) is 31.9 Å². The van der Waals surface area contributed by atoms with Crippen LogP contribution in [0.4, 0.5) is 0 Å². The van der Waals surface area contributed by atoms with Crippen molar-refractivity contribution in [3.05, 3.63) is 35.4 Å². The number of nitrogens with one attached hydrogen (secondary N) is 1. The third-order valence-electron chi connectivity index (χ3n) is 5.70. The maximum Gasteiger partial charge on any atom is 0.0638 e. The second kappa shape index (κ2) is 8.27. The van der Waals surface area contributed by atoms with Crippen LogP contribution < -0.4 is 11.1 Å². The van der Waals surface area contributed by atoms with Gasteiger partial charge in [-0.15, -0.1) is 0 Å². The van der Waals surface area contributed by atoms with Gasteiger partial charge in [-0.2, -0.15) is 0 Å². The molecular formula is C20H32N2O. The van der Waals surface area contributed by atoms with Gasteiger partial charge in [0.05, 0.1) is 12.7 Å². The van der Waals surface area contributed by atoms with Gasteiger partial charge in [-0.3, -0.25) is 0 Å². The Morgan fingerprint density at radius 2 is 1.91 bits per heavy atom. The van der Waals surface area contributed by atoms with E-state index in [0.29, 0.717) is 12.1 Å². The number of ether oxygens (including phenoxy) is 1. The summed E-state index contributed by atoms with van der Waals surface area (Å²) in [6.07, 6.45) is 8.77. The second-order valence-corrected chi connectivity index (χ2v) is 7.23. The van der Waals surface area contributed by atoms with Crippen LogP contribution in [0.5, 0.6) is 0 Å². The molecule has 0 bridgehead atoms. The summed E-state index contributed by atoms with van der Waals surface area (Å²) in [6.45, 7) is 4.12. The zero-order valence-corrected chi connectivity index (χ0v) is 14.5. The van der Waals surface area contributed by atoms with Gasteiger partial charge in [-0.25, -0.2) is 0 Å². The number of aryl methyl sites for hydroxylation is 1. The smallest absolute Gasteiger partial charge is 0.0638 e. The Kier molecular flexibility index (Phi) is 6.09. The fourth-order valence-electron chi connectivity index (χ4n) is 4.19. The van der Waals surface area contributed by atoms with E-state index in [1.165, 1.54) is 37.7 Å². The summed E-state index contributed by atoms with van der Waals surface area (Å²) in [5, 5.41) is 3.51. The van der Waals surface area contributed by atoms with E-state index in [1.54, 1.807) is 5.56 Å². The fraction of sp³-hybridized carbons (Fsp3) is 0.700. The monoisotopic (exact) mass is 316 g/mol. The normalized spacial score (nSPS) is 31.9. The molecule has 2 aliphatic rings. The van der Waals surface area contributed by atoms with Gasteiger partial charge in [0.15, 0.2) is 0 Å². The number of benzene rings is 1. The SMILES string of the molecule is CCc1ccccc1C1CCC(OC[C@@H]2NCCC[C@@H]2N)CC1. The average Bonchev–Trinajstić information content (AvgIpc) is 2.61. The van der Waals surface area contributed by atoms with Crippen LogP contribution in [0.25, 0.3) is 0 Å². The van der Waals surface area contributed by atoms with Crippen molar-refractivity contribution in [2.24, 2.45) is 5.73 Å². The lowest BCUT2D eigenvalue weighted by Crippen LogP contribution is -2.52. The maximum absolute atomic E-state index is 6.19. The molecule has 0 radical (unpaired) electrons. The Morgan fingerprint density at radius 1 is 1.13 bits per heavy atom. The molecule has 1 saturated carbocycles. The molecule has 128 valence electrons. The third kappa shape index (κ3) is 4.34. The van der Waals surface area contributed by atoms with E-state index in [1.807, 2.05) is 0 Å². The van der Waals surface area contributed by atoms with Gasteiger partial charge < -0.3 is 15.8 Å². The van der Waals surface area contributed by atoms with Gasteiger partial charge in [0, 0.05) is 12.1 Å². The molecule has 2 atom stereocenters. The van der Waals surface area contributed by atoms with Crippen LogP contribution in [0.3, 0.4) is 0 Å². The summed E-state index contributed by atoms with van der Waals surface area (Å²) in [7, 11) is 0. The molecule has 0 spiro atoms. The molecule has 0 amide bonds. The Hall–Kier alpha value is -0.900. The largest absolute Gasteiger partial charge is 0.377 e. The highest BCUT2D eigenvalue weighted by Gasteiger charge is 2.26. The van der Waals surface area contributed by atoms with Crippen LogP contribution in [0.1, 0.15) is 62.5 Å². The predicted molar refractivity (Wildman–Crippen MR) is 95.8 cm³/mol. The number of hydrogen-bond acceptors (Lipinski definition) is 3. The first-order valence-electron chi connectivity index (χ1n) is 9.46. The molecule has 2 fully saturated rings. The summed E-state index contributed by atoms with van der Waals surface area (Å²) in [5.41, 5.74) is 9.28. The van der Waals surface area contributed by atoms with Crippen LogP contribution in [0.15, 0.2) is 24.3 Å². The predicted octanol–water partition coefficient (Wildman–Crippen LogP) is 3.37. The molecular weight excluding hydrogens is 284 g/mol. The number of piperidine rings is 1. The molecule has 1 aromatic carbocycles. The van der Waals surface area contributed by atoms with Gasteiger partial charge >= 0.3 is 0 Å². The number of rotatable bonds is 5. The summed E-state index contributed by atoms with van der Waals surface area (Å²) in [4.78, 5) is 0. The Labute approximate surface area is 141 Å². The van der Waals surface area contributed by atoms with Gasteiger partial charge in [0.2, 0.25) is 0 Å². The third-order valence-corrected chi connectivity index (χ3v) is 5.70. The lowest BCUT2D eigenvalue weighted by molar-refractivity contribution is 0.00616. The molecule has 0 aromatic heterocycles. The highest BCUT2D eigenvalue weighted by molar-refractivity contribution is 5.30. The van der Waals surface area contributed by atoms with Crippen LogP contribution >= 0.6 is 0 Å². The Morgan fingerprint density at radius 3 is 2.65 bits per heavy atom. The van der Waals surface area contributed by atoms with Crippen molar-refractivity contribution in [3.63, 3.8) is 0 Å². The first-order valence-corrected chi connectivity index (χ1v) is 9.46. The van der Waals surface area contributed by atoms with E-state index in [2.05, 4.69) is 36.5 Å². The minimum atomic E-state index is 0.261. The Bertz CT molecular complexity index is 482. The van der Waals surface area contributed by atoms with Crippen LogP contribution in [-0.4, -0.2) is 31.3 Å². The molecule has 0 unspecified atom stereocenters. The molecule has 23 heavy (non-hydrogen) atoms. The summed E-state index contributed by atoms with van der Waals surface area (Å²) in [5.74, 6) is 0.723. The molecule has 1 aliphatic carbocycles. The van der Waals surface area contributed by atoms with Crippen molar-refractivity contribution in [3.8, 4) is 0 Å². The summed E-state index contributed by atoms with van der Waals surface area (Å²) < 4.78 is 6.19. The molecule has 3 nitrogen and oxygen atoms in total. The number of nitrogens with two attached hydrogens (primary N) is 1. The van der Waals surface area contributed by atoms with Crippen molar-refractivity contribution < 1.29 is 4.74 Å². The molecule has 1 aliphatic heterocycles. The lowest BCUT2D eigenvalue weighted by atomic mass is 9.80. The summed E-state index contributed by atoms with van der Waals surface area (Å²) in [6, 6.07) is 9.58. The van der Waals surface area contributed by atoms with E-state index >= 15 is 0 Å². The van der Waals surface area contributed by atoms with Crippen molar-refractivity contribution in [2.75, 3.05) is 13.2 Å². The molecule has 3 rings (SSSR count). The van der Waals surface area contributed by atoms with Gasteiger partial charge in [0.25, 0.3) is 0 Å². The van der Waals surface area contributed by atoms with Gasteiger partial charge in [0.1, 0.15) is 0 Å². The fourth-order valence-corrected chi connectivity index (χ4v) is 4.19. The quantitative estimate of drug-likeness (QED) is 0.875. The number of hydrogen-bond donors (Lipinski definition) is 2. The topological polar surface area (TPSA) is 47.3 Å². The van der Waals surface area contributed by atoms with E-state index in [4.69, 9.17) is 10.5 Å². The molecule has 1 saturated heterocycles. The van der Waals surface area contributed by atoms with Crippen molar-refractivity contribution >= 4 is 0 Å². The Balaban J connectivity index is 1.47. The average molecular weight is 316 g/mol. The molecule has 3 N–H and O–H groups in total. The standard InChI is InChI=1S/C20H32N2O/c1-2-15-6-3-4-7-18(15)16-9-11-17(12-10-16)23-14-20-19(21)8-5-13-22-20/h3-4,6-7,16-17,19-20,22H,2,5,8-14,21H2,1H3/t16?,17?,19-,20-/m0/s1. The van der Waals surface area contributed by atoms with Crippen molar-refractivity contribution in [2.45, 2.75) is 76.0 Å². The second-order valence-electron chi connectivity index (χ2n) is 7.23. The highest BCUT2D eigenvalue weighted by atomic mass is 16.5. The minimum absolute atomic E-state index is 0.261.